The van der Waals surface area contributed by atoms with Crippen LogP contribution in [0.5, 0.6) is 5.75 Å². The van der Waals surface area contributed by atoms with Gasteiger partial charge in [0.1, 0.15) is 5.75 Å². The molecular formula is C23H20ClN5O2S. The van der Waals surface area contributed by atoms with Gasteiger partial charge in [-0.1, -0.05) is 35.5 Å². The van der Waals surface area contributed by atoms with Gasteiger partial charge in [-0.15, -0.1) is 10.2 Å². The van der Waals surface area contributed by atoms with Gasteiger partial charge in [0.2, 0.25) is 5.91 Å². The number of anilines is 1. The number of benzene rings is 2. The fraction of sp³-hybridized carbons (Fsp3) is 0.130. The molecule has 2 heterocycles. The number of hydrogen-bond donors (Lipinski definition) is 1. The molecule has 4 aromatic rings. The number of thioether (sulfide) groups is 1. The minimum absolute atomic E-state index is 0.155. The van der Waals surface area contributed by atoms with Crippen LogP contribution >= 0.6 is 23.4 Å². The molecule has 162 valence electrons. The summed E-state index contributed by atoms with van der Waals surface area (Å²) < 4.78 is 7.48. The van der Waals surface area contributed by atoms with Crippen LogP contribution in [0.25, 0.3) is 17.1 Å². The Labute approximate surface area is 194 Å². The van der Waals surface area contributed by atoms with Gasteiger partial charge in [0.15, 0.2) is 11.0 Å². The lowest BCUT2D eigenvalue weighted by atomic mass is 10.2. The van der Waals surface area contributed by atoms with Crippen LogP contribution in [0.1, 0.15) is 6.92 Å². The summed E-state index contributed by atoms with van der Waals surface area (Å²) in [6, 6.07) is 18.5. The zero-order valence-electron chi connectivity index (χ0n) is 17.2. The zero-order valence-corrected chi connectivity index (χ0v) is 18.8. The van der Waals surface area contributed by atoms with E-state index in [1.54, 1.807) is 24.5 Å². The third kappa shape index (κ3) is 5.09. The first-order valence-corrected chi connectivity index (χ1v) is 11.3. The molecule has 0 fully saturated rings. The number of rotatable bonds is 8. The number of pyridine rings is 1. The Hall–Kier alpha value is -3.36. The highest BCUT2D eigenvalue weighted by Crippen LogP contribution is 2.29. The molecule has 1 N–H and O–H groups in total. The Kier molecular flexibility index (Phi) is 7.03. The lowest BCUT2D eigenvalue weighted by molar-refractivity contribution is -0.113. The van der Waals surface area contributed by atoms with E-state index in [0.717, 1.165) is 11.3 Å². The smallest absolute Gasteiger partial charge is 0.234 e. The predicted molar refractivity (Wildman–Crippen MR) is 127 cm³/mol. The molecule has 0 bridgehead atoms. The molecule has 0 atom stereocenters. The van der Waals surface area contributed by atoms with Crippen LogP contribution in [0, 0.1) is 0 Å². The van der Waals surface area contributed by atoms with Crippen LogP contribution in [0.3, 0.4) is 0 Å². The van der Waals surface area contributed by atoms with Crippen molar-refractivity contribution in [2.45, 2.75) is 12.1 Å². The molecule has 7 nitrogen and oxygen atoms in total. The van der Waals surface area contributed by atoms with Gasteiger partial charge in [0.05, 0.1) is 18.0 Å². The molecule has 2 aromatic heterocycles. The van der Waals surface area contributed by atoms with Gasteiger partial charge in [-0.25, -0.2) is 0 Å². The number of hydrogen-bond acceptors (Lipinski definition) is 6. The Balaban J connectivity index is 1.57. The van der Waals surface area contributed by atoms with Crippen LogP contribution in [0.15, 0.2) is 78.2 Å². The van der Waals surface area contributed by atoms with Crippen molar-refractivity contribution < 1.29 is 9.53 Å². The van der Waals surface area contributed by atoms with Crippen LogP contribution in [-0.2, 0) is 4.79 Å². The second kappa shape index (κ2) is 10.3. The first-order valence-electron chi connectivity index (χ1n) is 9.92. The Morgan fingerprint density at radius 3 is 2.56 bits per heavy atom. The zero-order chi connectivity index (χ0) is 22.3. The molecule has 32 heavy (non-hydrogen) atoms. The van der Waals surface area contributed by atoms with E-state index in [9.17, 15) is 4.79 Å². The van der Waals surface area contributed by atoms with Gasteiger partial charge in [-0.3, -0.25) is 14.3 Å². The van der Waals surface area contributed by atoms with Crippen molar-refractivity contribution in [3.05, 3.63) is 78.1 Å². The number of carbonyl (C=O) groups is 1. The summed E-state index contributed by atoms with van der Waals surface area (Å²) in [4.78, 5) is 16.7. The Bertz CT molecular complexity index is 1200. The van der Waals surface area contributed by atoms with Crippen LogP contribution in [0.4, 0.5) is 5.69 Å². The maximum atomic E-state index is 12.6. The summed E-state index contributed by atoms with van der Waals surface area (Å²) in [7, 11) is 0. The Morgan fingerprint density at radius 2 is 1.81 bits per heavy atom. The SMILES string of the molecule is CCOc1ccccc1NC(=O)CSc1nnc(-c2ccncc2)n1-c1ccc(Cl)cc1. The first-order chi connectivity index (χ1) is 15.7. The predicted octanol–water partition coefficient (Wildman–Crippen LogP) is 5.11. The van der Waals surface area contributed by atoms with E-state index in [4.69, 9.17) is 16.3 Å². The second-order valence-corrected chi connectivity index (χ2v) is 8.00. The van der Waals surface area contributed by atoms with Crippen molar-refractivity contribution in [2.75, 3.05) is 17.7 Å². The lowest BCUT2D eigenvalue weighted by Gasteiger charge is -2.12. The molecule has 0 aliphatic rings. The second-order valence-electron chi connectivity index (χ2n) is 6.62. The average Bonchev–Trinajstić information content (AvgIpc) is 3.24. The largest absolute Gasteiger partial charge is 0.492 e. The number of halogens is 1. The fourth-order valence-electron chi connectivity index (χ4n) is 3.04. The minimum atomic E-state index is -0.168. The molecule has 0 unspecified atom stereocenters. The summed E-state index contributed by atoms with van der Waals surface area (Å²) in [5.74, 6) is 1.28. The molecule has 9 heteroatoms. The van der Waals surface area contributed by atoms with Crippen LogP contribution in [-0.4, -0.2) is 38.0 Å². The summed E-state index contributed by atoms with van der Waals surface area (Å²) in [5.41, 5.74) is 2.34. The number of carbonyl (C=O) groups excluding carboxylic acids is 1. The van der Waals surface area contributed by atoms with E-state index in [1.807, 2.05) is 60.0 Å². The van der Waals surface area contributed by atoms with E-state index < -0.39 is 0 Å². The molecule has 0 aliphatic heterocycles. The minimum Gasteiger partial charge on any atom is -0.492 e. The standard InChI is InChI=1S/C23H20ClN5O2S/c1-2-31-20-6-4-3-5-19(20)26-21(30)15-32-23-28-27-22(16-11-13-25-14-12-16)29(23)18-9-7-17(24)8-10-18/h3-14H,2,15H2,1H3,(H,26,30). The van der Waals surface area contributed by atoms with Crippen molar-refractivity contribution in [1.82, 2.24) is 19.7 Å². The fourth-order valence-corrected chi connectivity index (χ4v) is 3.92. The summed E-state index contributed by atoms with van der Waals surface area (Å²) >= 11 is 7.36. The van der Waals surface area contributed by atoms with E-state index >= 15 is 0 Å². The molecule has 0 spiro atoms. The van der Waals surface area contributed by atoms with Gasteiger partial charge < -0.3 is 10.1 Å². The normalized spacial score (nSPS) is 10.7. The van der Waals surface area contributed by atoms with E-state index in [1.165, 1.54) is 11.8 Å². The molecular weight excluding hydrogens is 446 g/mol. The molecule has 0 aliphatic carbocycles. The van der Waals surface area contributed by atoms with Crippen molar-refractivity contribution >= 4 is 35.0 Å². The summed E-state index contributed by atoms with van der Waals surface area (Å²) in [5, 5.41) is 12.8. The topological polar surface area (TPSA) is 81.9 Å². The van der Waals surface area contributed by atoms with Gasteiger partial charge in [0, 0.05) is 28.7 Å². The number of ether oxygens (including phenoxy) is 1. The van der Waals surface area contributed by atoms with E-state index in [2.05, 4.69) is 20.5 Å². The highest BCUT2D eigenvalue weighted by atomic mass is 35.5. The number of amides is 1. The van der Waals surface area contributed by atoms with Crippen LogP contribution in [0.2, 0.25) is 5.02 Å². The van der Waals surface area contributed by atoms with Gasteiger partial charge in [-0.05, 0) is 55.5 Å². The van der Waals surface area contributed by atoms with Gasteiger partial charge in [-0.2, -0.15) is 0 Å². The highest BCUT2D eigenvalue weighted by molar-refractivity contribution is 7.99. The average molecular weight is 466 g/mol. The molecule has 0 radical (unpaired) electrons. The highest BCUT2D eigenvalue weighted by Gasteiger charge is 2.18. The molecule has 0 saturated carbocycles. The molecule has 2 aromatic carbocycles. The van der Waals surface area contributed by atoms with E-state index in [0.29, 0.717) is 34.0 Å². The number of nitrogens with zero attached hydrogens (tertiary/aromatic N) is 4. The van der Waals surface area contributed by atoms with Gasteiger partial charge in [0.25, 0.3) is 0 Å². The van der Waals surface area contributed by atoms with Gasteiger partial charge >= 0.3 is 0 Å². The van der Waals surface area contributed by atoms with Crippen molar-refractivity contribution in [3.63, 3.8) is 0 Å². The molecule has 1 amide bonds. The number of nitrogens with one attached hydrogen (secondary N) is 1. The van der Waals surface area contributed by atoms with E-state index in [-0.39, 0.29) is 11.7 Å². The van der Waals surface area contributed by atoms with Crippen LogP contribution < -0.4 is 10.1 Å². The first kappa shape index (κ1) is 21.9. The maximum absolute atomic E-state index is 12.6. The summed E-state index contributed by atoms with van der Waals surface area (Å²) in [6.07, 6.45) is 3.40. The van der Waals surface area contributed by atoms with Crippen molar-refractivity contribution in [1.29, 1.82) is 0 Å². The number of para-hydroxylation sites is 2. The quantitative estimate of drug-likeness (QED) is 0.364. The third-order valence-corrected chi connectivity index (χ3v) is 5.63. The van der Waals surface area contributed by atoms with Crippen molar-refractivity contribution in [2.24, 2.45) is 0 Å². The third-order valence-electron chi connectivity index (χ3n) is 4.45. The van der Waals surface area contributed by atoms with Crippen molar-refractivity contribution in [3.8, 4) is 22.8 Å². The Morgan fingerprint density at radius 1 is 1.06 bits per heavy atom. The molecule has 0 saturated heterocycles. The summed E-state index contributed by atoms with van der Waals surface area (Å²) in [6.45, 7) is 2.42. The monoisotopic (exact) mass is 465 g/mol. The lowest BCUT2D eigenvalue weighted by Crippen LogP contribution is -2.15. The molecule has 4 rings (SSSR count). The maximum Gasteiger partial charge on any atom is 0.234 e. The number of aromatic nitrogens is 4.